The third-order valence-electron chi connectivity index (χ3n) is 4.07. The minimum Gasteiger partial charge on any atom is -0.356 e. The number of nitrogens with one attached hydrogen (secondary N) is 1. The van der Waals surface area contributed by atoms with Crippen LogP contribution in [0.3, 0.4) is 0 Å². The fourth-order valence-corrected chi connectivity index (χ4v) is 2.97. The highest BCUT2D eigenvalue weighted by Crippen LogP contribution is 2.20. The second-order valence-electron chi connectivity index (χ2n) is 5.71. The minimum atomic E-state index is 0.737. The van der Waals surface area contributed by atoms with Gasteiger partial charge in [-0.1, -0.05) is 6.92 Å². The number of rotatable bonds is 5. The highest BCUT2D eigenvalue weighted by atomic mass is 15.2. The molecule has 0 aliphatic carbocycles. The largest absolute Gasteiger partial charge is 0.356 e. The normalized spacial score (nSPS) is 16.2. The van der Waals surface area contributed by atoms with Gasteiger partial charge >= 0.3 is 0 Å². The first-order valence-electron chi connectivity index (χ1n) is 7.90. The van der Waals surface area contributed by atoms with Crippen LogP contribution >= 0.6 is 0 Å². The maximum atomic E-state index is 4.70. The van der Waals surface area contributed by atoms with Crippen LogP contribution in [0.25, 0.3) is 11.2 Å². The number of fused-ring (bicyclic) bond motifs is 1. The van der Waals surface area contributed by atoms with Crippen molar-refractivity contribution < 1.29 is 0 Å². The molecular weight excluding hydrogens is 262 g/mol. The summed E-state index contributed by atoms with van der Waals surface area (Å²) in [5.74, 6) is 1.79. The Hall–Kier alpha value is -1.75. The number of pyridine rings is 1. The average Bonchev–Trinajstić information content (AvgIpc) is 2.55. The Labute approximate surface area is 125 Å². The zero-order valence-corrected chi connectivity index (χ0v) is 12.6. The molecule has 0 unspecified atom stereocenters. The van der Waals surface area contributed by atoms with E-state index in [-0.39, 0.29) is 0 Å². The van der Waals surface area contributed by atoms with Crippen molar-refractivity contribution in [2.45, 2.75) is 26.2 Å². The van der Waals surface area contributed by atoms with E-state index in [9.17, 15) is 0 Å². The molecule has 0 radical (unpaired) electrons. The lowest BCUT2D eigenvalue weighted by molar-refractivity contribution is 0.373. The summed E-state index contributed by atoms with van der Waals surface area (Å²) in [6, 6.07) is 4.10. The molecular formula is C16H23N5. The van der Waals surface area contributed by atoms with Crippen molar-refractivity contribution in [2.75, 3.05) is 31.1 Å². The molecule has 1 saturated heterocycles. The predicted molar refractivity (Wildman–Crippen MR) is 85.4 cm³/mol. The molecule has 2 aromatic rings. The van der Waals surface area contributed by atoms with E-state index in [1.165, 1.54) is 12.8 Å². The molecule has 1 fully saturated rings. The number of nitrogens with zero attached hydrogens (tertiary/aromatic N) is 4. The van der Waals surface area contributed by atoms with E-state index in [2.05, 4.69) is 33.2 Å². The fraction of sp³-hybridized carbons (Fsp3) is 0.562. The summed E-state index contributed by atoms with van der Waals surface area (Å²) >= 11 is 0. The highest BCUT2D eigenvalue weighted by Gasteiger charge is 2.18. The van der Waals surface area contributed by atoms with E-state index in [1.807, 2.05) is 6.07 Å². The van der Waals surface area contributed by atoms with Crippen LogP contribution in [0.5, 0.6) is 0 Å². The summed E-state index contributed by atoms with van der Waals surface area (Å²) in [6.07, 6.45) is 7.06. The van der Waals surface area contributed by atoms with Crippen molar-refractivity contribution in [3.63, 3.8) is 0 Å². The Balaban J connectivity index is 1.80. The Morgan fingerprint density at radius 2 is 2.00 bits per heavy atom. The quantitative estimate of drug-likeness (QED) is 0.913. The van der Waals surface area contributed by atoms with Gasteiger partial charge in [-0.05, 0) is 50.4 Å². The van der Waals surface area contributed by atoms with Gasteiger partial charge in [-0.2, -0.15) is 0 Å². The molecule has 0 aromatic carbocycles. The standard InChI is InChI=1S/C16H23N5/c1-2-11-21(12-13-5-7-17-8-6-13)15-4-3-14-16(20-15)19-10-9-18-14/h3-4,9-10,13,17H,2,5-8,11-12H2,1H3. The van der Waals surface area contributed by atoms with Gasteiger partial charge in [0.05, 0.1) is 0 Å². The Morgan fingerprint density at radius 3 is 2.81 bits per heavy atom. The molecule has 3 heterocycles. The maximum Gasteiger partial charge on any atom is 0.180 e. The van der Waals surface area contributed by atoms with Gasteiger partial charge in [0, 0.05) is 25.5 Å². The maximum absolute atomic E-state index is 4.70. The number of hydrogen-bond donors (Lipinski definition) is 1. The van der Waals surface area contributed by atoms with Crippen LogP contribution < -0.4 is 10.2 Å². The fourth-order valence-electron chi connectivity index (χ4n) is 2.97. The van der Waals surface area contributed by atoms with Crippen molar-refractivity contribution in [3.05, 3.63) is 24.5 Å². The molecule has 0 amide bonds. The molecule has 0 saturated carbocycles. The number of aromatic nitrogens is 3. The minimum absolute atomic E-state index is 0.737. The molecule has 112 valence electrons. The van der Waals surface area contributed by atoms with Crippen LogP contribution in [0.2, 0.25) is 0 Å². The first kappa shape index (κ1) is 14.2. The van der Waals surface area contributed by atoms with E-state index < -0.39 is 0 Å². The van der Waals surface area contributed by atoms with Crippen molar-refractivity contribution in [3.8, 4) is 0 Å². The van der Waals surface area contributed by atoms with E-state index in [4.69, 9.17) is 4.98 Å². The summed E-state index contributed by atoms with van der Waals surface area (Å²) in [6.45, 7) is 6.63. The zero-order chi connectivity index (χ0) is 14.5. The van der Waals surface area contributed by atoms with E-state index >= 15 is 0 Å². The molecule has 1 N–H and O–H groups in total. The summed E-state index contributed by atoms with van der Waals surface area (Å²) in [5.41, 5.74) is 1.60. The smallest absolute Gasteiger partial charge is 0.180 e. The van der Waals surface area contributed by atoms with Crippen LogP contribution in [-0.4, -0.2) is 41.1 Å². The summed E-state index contributed by atoms with van der Waals surface area (Å²) in [7, 11) is 0. The van der Waals surface area contributed by atoms with E-state index in [0.29, 0.717) is 0 Å². The SMILES string of the molecule is CCCN(CC1CCNCC1)c1ccc2nccnc2n1. The molecule has 0 bridgehead atoms. The number of hydrogen-bond acceptors (Lipinski definition) is 5. The van der Waals surface area contributed by atoms with Crippen molar-refractivity contribution >= 4 is 17.0 Å². The zero-order valence-electron chi connectivity index (χ0n) is 12.6. The van der Waals surface area contributed by atoms with Crippen molar-refractivity contribution in [2.24, 2.45) is 5.92 Å². The van der Waals surface area contributed by atoms with Gasteiger partial charge in [-0.15, -0.1) is 0 Å². The summed E-state index contributed by atoms with van der Waals surface area (Å²) in [4.78, 5) is 15.7. The van der Waals surface area contributed by atoms with Gasteiger partial charge in [0.1, 0.15) is 11.3 Å². The molecule has 5 nitrogen and oxygen atoms in total. The molecule has 0 spiro atoms. The predicted octanol–water partition coefficient (Wildman–Crippen LogP) is 2.24. The van der Waals surface area contributed by atoms with Crippen LogP contribution in [0.15, 0.2) is 24.5 Å². The molecule has 3 rings (SSSR count). The topological polar surface area (TPSA) is 53.9 Å². The van der Waals surface area contributed by atoms with Gasteiger partial charge in [0.15, 0.2) is 5.65 Å². The third kappa shape index (κ3) is 3.47. The molecule has 5 heteroatoms. The Kier molecular flexibility index (Phi) is 4.60. The van der Waals surface area contributed by atoms with Crippen LogP contribution in [0.4, 0.5) is 5.82 Å². The molecule has 1 aliphatic heterocycles. The van der Waals surface area contributed by atoms with Gasteiger partial charge < -0.3 is 10.2 Å². The second-order valence-corrected chi connectivity index (χ2v) is 5.71. The highest BCUT2D eigenvalue weighted by molar-refractivity contribution is 5.71. The number of anilines is 1. The lowest BCUT2D eigenvalue weighted by Gasteiger charge is -2.30. The van der Waals surface area contributed by atoms with Crippen LogP contribution in [0, 0.1) is 5.92 Å². The monoisotopic (exact) mass is 285 g/mol. The van der Waals surface area contributed by atoms with Gasteiger partial charge in [0.25, 0.3) is 0 Å². The van der Waals surface area contributed by atoms with Crippen molar-refractivity contribution in [1.29, 1.82) is 0 Å². The van der Waals surface area contributed by atoms with Crippen LogP contribution in [0.1, 0.15) is 26.2 Å². The first-order valence-corrected chi connectivity index (χ1v) is 7.90. The third-order valence-corrected chi connectivity index (χ3v) is 4.07. The average molecular weight is 285 g/mol. The van der Waals surface area contributed by atoms with E-state index in [1.54, 1.807) is 12.4 Å². The van der Waals surface area contributed by atoms with Crippen LogP contribution in [-0.2, 0) is 0 Å². The summed E-state index contributed by atoms with van der Waals surface area (Å²) < 4.78 is 0. The Bertz CT molecular complexity index is 580. The molecule has 21 heavy (non-hydrogen) atoms. The second kappa shape index (κ2) is 6.80. The first-order chi connectivity index (χ1) is 10.4. The molecule has 0 atom stereocenters. The lowest BCUT2D eigenvalue weighted by Crippen LogP contribution is -2.37. The van der Waals surface area contributed by atoms with Gasteiger partial charge in [-0.3, -0.25) is 4.98 Å². The van der Waals surface area contributed by atoms with E-state index in [0.717, 1.165) is 55.5 Å². The number of piperidine rings is 1. The van der Waals surface area contributed by atoms with Crippen molar-refractivity contribution in [1.82, 2.24) is 20.3 Å². The lowest BCUT2D eigenvalue weighted by atomic mass is 9.97. The summed E-state index contributed by atoms with van der Waals surface area (Å²) in [5, 5.41) is 3.43. The molecule has 1 aliphatic rings. The van der Waals surface area contributed by atoms with Gasteiger partial charge in [-0.25, -0.2) is 9.97 Å². The Morgan fingerprint density at radius 1 is 1.19 bits per heavy atom. The van der Waals surface area contributed by atoms with Gasteiger partial charge in [0.2, 0.25) is 0 Å². The molecule has 2 aromatic heterocycles.